The molecule has 0 radical (unpaired) electrons. The Morgan fingerprint density at radius 2 is 1.60 bits per heavy atom. The zero-order valence-electron chi connectivity index (χ0n) is 15.5. The summed E-state index contributed by atoms with van der Waals surface area (Å²) in [6, 6.07) is 4.19. The van der Waals surface area contributed by atoms with Gasteiger partial charge in [0.15, 0.2) is 0 Å². The standard InChI is InChI=1S/C19H30N2O4/c1-22-15-12-16(23-2)18(17(13-15)24-3)19(14-4-10-25-11-5-14)21-8-6-20-7-9-21/h12-14,19-20H,4-11H2,1-3H3/t19-/m0/s1. The molecule has 1 aromatic carbocycles. The van der Waals surface area contributed by atoms with Gasteiger partial charge in [-0.05, 0) is 18.8 Å². The third-order valence-electron chi connectivity index (χ3n) is 5.31. The molecule has 2 heterocycles. The summed E-state index contributed by atoms with van der Waals surface area (Å²) in [4.78, 5) is 2.57. The molecule has 2 saturated heterocycles. The number of nitrogens with one attached hydrogen (secondary N) is 1. The van der Waals surface area contributed by atoms with E-state index in [4.69, 9.17) is 18.9 Å². The van der Waals surface area contributed by atoms with Gasteiger partial charge in [-0.25, -0.2) is 0 Å². The Kier molecular flexibility index (Phi) is 6.39. The van der Waals surface area contributed by atoms with Crippen LogP contribution < -0.4 is 19.5 Å². The molecule has 0 aliphatic carbocycles. The average molecular weight is 350 g/mol. The normalized spacial score (nSPS) is 20.9. The van der Waals surface area contributed by atoms with Crippen molar-refractivity contribution < 1.29 is 18.9 Å². The highest BCUT2D eigenvalue weighted by molar-refractivity contribution is 5.52. The fourth-order valence-corrected chi connectivity index (χ4v) is 4.03. The van der Waals surface area contributed by atoms with Crippen LogP contribution in [0.3, 0.4) is 0 Å². The van der Waals surface area contributed by atoms with Crippen molar-refractivity contribution in [1.82, 2.24) is 10.2 Å². The van der Waals surface area contributed by atoms with Crippen LogP contribution >= 0.6 is 0 Å². The second-order valence-corrected chi connectivity index (χ2v) is 6.63. The molecule has 6 nitrogen and oxygen atoms in total. The molecule has 0 bridgehead atoms. The first kappa shape index (κ1) is 18.3. The first-order valence-electron chi connectivity index (χ1n) is 9.11. The summed E-state index contributed by atoms with van der Waals surface area (Å²) in [6.45, 7) is 5.74. The lowest BCUT2D eigenvalue weighted by Crippen LogP contribution is -2.47. The van der Waals surface area contributed by atoms with E-state index in [1.54, 1.807) is 21.3 Å². The van der Waals surface area contributed by atoms with Crippen LogP contribution in [0.5, 0.6) is 17.2 Å². The largest absolute Gasteiger partial charge is 0.496 e. The minimum Gasteiger partial charge on any atom is -0.496 e. The number of benzene rings is 1. The summed E-state index contributed by atoms with van der Waals surface area (Å²) in [5.41, 5.74) is 1.14. The number of rotatable bonds is 6. The third-order valence-corrected chi connectivity index (χ3v) is 5.31. The van der Waals surface area contributed by atoms with Crippen molar-refractivity contribution in [2.45, 2.75) is 18.9 Å². The number of methoxy groups -OCH3 is 3. The predicted molar refractivity (Wildman–Crippen MR) is 96.8 cm³/mol. The Balaban J connectivity index is 2.04. The monoisotopic (exact) mass is 350 g/mol. The predicted octanol–water partition coefficient (Wildman–Crippen LogP) is 2.09. The molecular weight excluding hydrogens is 320 g/mol. The molecule has 0 spiro atoms. The Morgan fingerprint density at radius 3 is 2.12 bits per heavy atom. The molecule has 25 heavy (non-hydrogen) atoms. The molecule has 140 valence electrons. The van der Waals surface area contributed by atoms with Gasteiger partial charge in [0, 0.05) is 57.6 Å². The van der Waals surface area contributed by atoms with Gasteiger partial charge < -0.3 is 24.3 Å². The van der Waals surface area contributed by atoms with Crippen molar-refractivity contribution in [2.75, 3.05) is 60.7 Å². The molecular formula is C19H30N2O4. The molecule has 1 aromatic rings. The van der Waals surface area contributed by atoms with Gasteiger partial charge in [0.1, 0.15) is 17.2 Å². The van der Waals surface area contributed by atoms with Crippen molar-refractivity contribution in [2.24, 2.45) is 5.92 Å². The van der Waals surface area contributed by atoms with Crippen LogP contribution in [-0.2, 0) is 4.74 Å². The van der Waals surface area contributed by atoms with Crippen LogP contribution in [0, 0.1) is 5.92 Å². The summed E-state index contributed by atoms with van der Waals surface area (Å²) in [5, 5.41) is 3.45. The van der Waals surface area contributed by atoms with E-state index in [1.807, 2.05) is 12.1 Å². The minimum atomic E-state index is 0.266. The van der Waals surface area contributed by atoms with Crippen molar-refractivity contribution >= 4 is 0 Å². The van der Waals surface area contributed by atoms with Gasteiger partial charge >= 0.3 is 0 Å². The number of ether oxygens (including phenoxy) is 4. The second-order valence-electron chi connectivity index (χ2n) is 6.63. The fourth-order valence-electron chi connectivity index (χ4n) is 4.03. The van der Waals surface area contributed by atoms with E-state index < -0.39 is 0 Å². The molecule has 0 amide bonds. The van der Waals surface area contributed by atoms with E-state index in [2.05, 4.69) is 10.2 Å². The Labute approximate surface area is 150 Å². The van der Waals surface area contributed by atoms with E-state index in [1.165, 1.54) is 0 Å². The molecule has 0 saturated carbocycles. The van der Waals surface area contributed by atoms with Crippen molar-refractivity contribution in [1.29, 1.82) is 0 Å². The highest BCUT2D eigenvalue weighted by atomic mass is 16.5. The van der Waals surface area contributed by atoms with Gasteiger partial charge in [-0.2, -0.15) is 0 Å². The van der Waals surface area contributed by atoms with E-state index in [0.717, 1.165) is 75.0 Å². The lowest BCUT2D eigenvalue weighted by atomic mass is 9.84. The summed E-state index contributed by atoms with van der Waals surface area (Å²) >= 11 is 0. The summed E-state index contributed by atoms with van der Waals surface area (Å²) in [7, 11) is 5.10. The van der Waals surface area contributed by atoms with Crippen LogP contribution in [0.2, 0.25) is 0 Å². The first-order valence-corrected chi connectivity index (χ1v) is 9.11. The highest BCUT2D eigenvalue weighted by Gasteiger charge is 2.35. The molecule has 2 aliphatic heterocycles. The minimum absolute atomic E-state index is 0.266. The maximum atomic E-state index is 5.76. The molecule has 1 atom stereocenters. The van der Waals surface area contributed by atoms with Crippen molar-refractivity contribution in [3.8, 4) is 17.2 Å². The average Bonchev–Trinajstić information content (AvgIpc) is 2.69. The SMILES string of the molecule is COc1cc(OC)c([C@H](C2CCOCC2)N2CCNCC2)c(OC)c1. The number of nitrogens with zero attached hydrogens (tertiary/aromatic N) is 1. The van der Waals surface area contributed by atoms with E-state index in [-0.39, 0.29) is 6.04 Å². The fraction of sp³-hybridized carbons (Fsp3) is 0.684. The lowest BCUT2D eigenvalue weighted by Gasteiger charge is -2.42. The van der Waals surface area contributed by atoms with Crippen LogP contribution in [0.15, 0.2) is 12.1 Å². The third kappa shape index (κ3) is 4.02. The molecule has 2 fully saturated rings. The van der Waals surface area contributed by atoms with Gasteiger partial charge in [-0.3, -0.25) is 4.90 Å². The maximum absolute atomic E-state index is 5.76. The quantitative estimate of drug-likeness (QED) is 0.848. The molecule has 1 N–H and O–H groups in total. The van der Waals surface area contributed by atoms with Crippen LogP contribution in [-0.4, -0.2) is 65.6 Å². The Bertz CT molecular complexity index is 511. The van der Waals surface area contributed by atoms with Gasteiger partial charge in [0.05, 0.1) is 26.9 Å². The number of piperazine rings is 1. The van der Waals surface area contributed by atoms with Crippen LogP contribution in [0.25, 0.3) is 0 Å². The van der Waals surface area contributed by atoms with E-state index in [9.17, 15) is 0 Å². The Morgan fingerprint density at radius 1 is 1.00 bits per heavy atom. The Hall–Kier alpha value is -1.50. The lowest BCUT2D eigenvalue weighted by molar-refractivity contribution is 0.0199. The summed E-state index contributed by atoms with van der Waals surface area (Å²) < 4.78 is 22.5. The molecule has 0 unspecified atom stereocenters. The highest BCUT2D eigenvalue weighted by Crippen LogP contribution is 2.45. The smallest absolute Gasteiger partial charge is 0.131 e. The maximum Gasteiger partial charge on any atom is 0.131 e. The molecule has 3 rings (SSSR count). The van der Waals surface area contributed by atoms with Crippen LogP contribution in [0.1, 0.15) is 24.4 Å². The van der Waals surface area contributed by atoms with Gasteiger partial charge in [0.2, 0.25) is 0 Å². The summed E-state index contributed by atoms with van der Waals surface area (Å²) in [5.74, 6) is 2.96. The zero-order chi connectivity index (χ0) is 17.6. The summed E-state index contributed by atoms with van der Waals surface area (Å²) in [6.07, 6.45) is 2.12. The molecule has 6 heteroatoms. The zero-order valence-corrected chi connectivity index (χ0v) is 15.5. The van der Waals surface area contributed by atoms with Crippen molar-refractivity contribution in [3.05, 3.63) is 17.7 Å². The van der Waals surface area contributed by atoms with Gasteiger partial charge in [0.25, 0.3) is 0 Å². The van der Waals surface area contributed by atoms with Gasteiger partial charge in [-0.15, -0.1) is 0 Å². The molecule has 2 aliphatic rings. The van der Waals surface area contributed by atoms with Gasteiger partial charge in [-0.1, -0.05) is 0 Å². The first-order chi connectivity index (χ1) is 12.3. The second kappa shape index (κ2) is 8.74. The topological polar surface area (TPSA) is 52.2 Å². The van der Waals surface area contributed by atoms with E-state index in [0.29, 0.717) is 5.92 Å². The number of hydrogen-bond acceptors (Lipinski definition) is 6. The van der Waals surface area contributed by atoms with E-state index >= 15 is 0 Å². The van der Waals surface area contributed by atoms with Crippen LogP contribution in [0.4, 0.5) is 0 Å². The number of hydrogen-bond donors (Lipinski definition) is 1. The van der Waals surface area contributed by atoms with Crippen molar-refractivity contribution in [3.63, 3.8) is 0 Å². The molecule has 0 aromatic heterocycles.